The predicted octanol–water partition coefficient (Wildman–Crippen LogP) is 2.82. The maximum absolute atomic E-state index is 12.0. The van der Waals surface area contributed by atoms with E-state index in [0.29, 0.717) is 6.42 Å². The van der Waals surface area contributed by atoms with Gasteiger partial charge in [0.1, 0.15) is 4.70 Å². The number of benzene rings is 2. The van der Waals surface area contributed by atoms with Gasteiger partial charge in [-0.3, -0.25) is 0 Å². The molecule has 4 nitrogen and oxygen atoms in total. The molecule has 0 unspecified atom stereocenters. The summed E-state index contributed by atoms with van der Waals surface area (Å²) in [6.07, 6.45) is 0.532. The van der Waals surface area contributed by atoms with Crippen molar-refractivity contribution in [3.8, 4) is 0 Å². The largest absolute Gasteiger partial charge is 0.367 e. The third-order valence-electron chi connectivity index (χ3n) is 3.25. The summed E-state index contributed by atoms with van der Waals surface area (Å²) in [6.45, 7) is 3.68. The summed E-state index contributed by atoms with van der Waals surface area (Å²) in [5, 5.41) is 2.86. The van der Waals surface area contributed by atoms with Crippen molar-refractivity contribution in [2.24, 2.45) is 0 Å². The zero-order chi connectivity index (χ0) is 15.0. The van der Waals surface area contributed by atoms with Crippen LogP contribution in [0.15, 0.2) is 36.4 Å². The Hall–Kier alpha value is -1.66. The van der Waals surface area contributed by atoms with Gasteiger partial charge in [-0.2, -0.15) is 8.42 Å². The van der Waals surface area contributed by atoms with Gasteiger partial charge in [0.05, 0.1) is 11.1 Å². The molecule has 0 fully saturated rings. The highest BCUT2D eigenvalue weighted by atomic mass is 32.2. The first-order valence-electron chi connectivity index (χ1n) is 6.77. The van der Waals surface area contributed by atoms with Crippen LogP contribution in [0.4, 0.5) is 0 Å². The van der Waals surface area contributed by atoms with E-state index in [1.165, 1.54) is 16.1 Å². The molecule has 0 spiro atoms. The molecule has 0 aliphatic heterocycles. The van der Waals surface area contributed by atoms with Crippen LogP contribution in [0.1, 0.15) is 18.4 Å². The molecule has 0 atom stereocenters. The molecule has 21 heavy (non-hydrogen) atoms. The quantitative estimate of drug-likeness (QED) is 0.694. The fourth-order valence-electron chi connectivity index (χ4n) is 2.38. The van der Waals surface area contributed by atoms with Gasteiger partial charge in [-0.05, 0) is 23.9 Å². The Morgan fingerprint density at radius 1 is 1.19 bits per heavy atom. The molecule has 0 aliphatic carbocycles. The van der Waals surface area contributed by atoms with Crippen LogP contribution in [-0.2, 0) is 10.1 Å². The molecule has 0 amide bonds. The second-order valence-electron chi connectivity index (χ2n) is 4.89. The van der Waals surface area contributed by atoms with Gasteiger partial charge in [0.2, 0.25) is 0 Å². The van der Waals surface area contributed by atoms with Crippen molar-refractivity contribution in [2.75, 3.05) is 5.75 Å². The van der Waals surface area contributed by atoms with Crippen molar-refractivity contribution in [3.05, 3.63) is 41.4 Å². The first kappa shape index (κ1) is 14.3. The second-order valence-corrected chi connectivity index (χ2v) is 7.79. The average Bonchev–Trinajstić information content (AvgIpc) is 2.75. The Kier molecular flexibility index (Phi) is 3.59. The van der Waals surface area contributed by atoms with Crippen molar-refractivity contribution in [1.29, 1.82) is 0 Å². The van der Waals surface area contributed by atoms with E-state index in [1.807, 2.05) is 50.2 Å². The zero-order valence-electron chi connectivity index (χ0n) is 11.9. The smallest absolute Gasteiger partial charge is 0.181 e. The van der Waals surface area contributed by atoms with E-state index >= 15 is 0 Å². The van der Waals surface area contributed by atoms with E-state index in [4.69, 9.17) is 4.28 Å². The monoisotopic (exact) mass is 322 g/mol. The van der Waals surface area contributed by atoms with E-state index in [1.54, 1.807) is 0 Å². The highest BCUT2D eigenvalue weighted by Crippen LogP contribution is 2.27. The lowest BCUT2D eigenvalue weighted by Crippen LogP contribution is -2.47. The SMILES string of the molecule is CCCS(=O)(=O)O[n+]1c(C)sc2ccc3ccccc3c21. The lowest BCUT2D eigenvalue weighted by Gasteiger charge is -2.00. The number of nitrogens with zero attached hydrogens (tertiary/aromatic N) is 1. The summed E-state index contributed by atoms with van der Waals surface area (Å²) < 4.78 is 31.8. The van der Waals surface area contributed by atoms with E-state index in [0.717, 1.165) is 26.0 Å². The number of hydrogen-bond acceptors (Lipinski definition) is 4. The van der Waals surface area contributed by atoms with Gasteiger partial charge < -0.3 is 0 Å². The highest BCUT2D eigenvalue weighted by molar-refractivity contribution is 7.86. The molecule has 0 radical (unpaired) electrons. The van der Waals surface area contributed by atoms with Gasteiger partial charge in [-0.15, -0.1) is 4.28 Å². The summed E-state index contributed by atoms with van der Waals surface area (Å²) >= 11 is 1.53. The fraction of sp³-hybridized carbons (Fsp3) is 0.267. The van der Waals surface area contributed by atoms with Gasteiger partial charge in [0.15, 0.2) is 0 Å². The number of thiazole rings is 1. The fourth-order valence-corrected chi connectivity index (χ4v) is 4.37. The third kappa shape index (κ3) is 2.61. The van der Waals surface area contributed by atoms with Crippen LogP contribution in [-0.4, -0.2) is 14.2 Å². The standard InChI is InChI=1S/C15H16NO3S2/c1-3-10-21(17,18)19-16-11(2)20-14-9-8-12-6-4-5-7-13(12)15(14)16/h4-9H,3,10H2,1-2H3/q+1. The molecule has 6 heteroatoms. The third-order valence-corrected chi connectivity index (χ3v) is 5.55. The van der Waals surface area contributed by atoms with Gasteiger partial charge in [-0.25, -0.2) is 0 Å². The van der Waals surface area contributed by atoms with Crippen molar-refractivity contribution >= 4 is 42.4 Å². The zero-order valence-corrected chi connectivity index (χ0v) is 13.5. The van der Waals surface area contributed by atoms with Crippen molar-refractivity contribution < 1.29 is 17.4 Å². The average molecular weight is 322 g/mol. The molecule has 3 rings (SSSR count). The minimum Gasteiger partial charge on any atom is -0.181 e. The lowest BCUT2D eigenvalue weighted by molar-refractivity contribution is -0.835. The van der Waals surface area contributed by atoms with Crippen LogP contribution < -0.4 is 9.01 Å². The van der Waals surface area contributed by atoms with Crippen molar-refractivity contribution in [2.45, 2.75) is 20.3 Å². The highest BCUT2D eigenvalue weighted by Gasteiger charge is 2.27. The van der Waals surface area contributed by atoms with Gasteiger partial charge in [0, 0.05) is 11.7 Å². The van der Waals surface area contributed by atoms with Crippen molar-refractivity contribution in [1.82, 2.24) is 0 Å². The summed E-state index contributed by atoms with van der Waals surface area (Å²) in [7, 11) is -3.57. The lowest BCUT2D eigenvalue weighted by atomic mass is 10.1. The summed E-state index contributed by atoms with van der Waals surface area (Å²) in [4.78, 5) is 0. The maximum atomic E-state index is 12.0. The van der Waals surface area contributed by atoms with Crippen LogP contribution in [0.3, 0.4) is 0 Å². The molecular formula is C15H16NO3S2+. The molecule has 3 aromatic rings. The molecule has 0 aliphatic rings. The molecular weight excluding hydrogens is 306 g/mol. The van der Waals surface area contributed by atoms with E-state index in [9.17, 15) is 8.42 Å². The molecule has 1 aromatic heterocycles. The van der Waals surface area contributed by atoms with Crippen LogP contribution in [0.2, 0.25) is 0 Å². The normalized spacial score (nSPS) is 12.1. The van der Waals surface area contributed by atoms with Crippen LogP contribution in [0, 0.1) is 6.92 Å². The molecule has 0 bridgehead atoms. The molecule has 0 saturated heterocycles. The number of aromatic nitrogens is 1. The van der Waals surface area contributed by atoms with E-state index < -0.39 is 10.1 Å². The molecule has 0 N–H and O–H groups in total. The summed E-state index contributed by atoms with van der Waals surface area (Å²) in [5.41, 5.74) is 0.815. The molecule has 0 saturated carbocycles. The van der Waals surface area contributed by atoms with Crippen LogP contribution >= 0.6 is 11.3 Å². The number of aryl methyl sites for hydroxylation is 1. The minimum atomic E-state index is -3.57. The number of fused-ring (bicyclic) bond motifs is 3. The Bertz CT molecular complexity index is 913. The van der Waals surface area contributed by atoms with Crippen LogP contribution in [0.5, 0.6) is 0 Å². The molecule has 1 heterocycles. The molecule has 2 aromatic carbocycles. The Balaban J connectivity index is 2.27. The number of rotatable bonds is 4. The van der Waals surface area contributed by atoms with Gasteiger partial charge >= 0.3 is 10.1 Å². The Morgan fingerprint density at radius 2 is 1.95 bits per heavy atom. The van der Waals surface area contributed by atoms with Crippen molar-refractivity contribution in [3.63, 3.8) is 0 Å². The first-order valence-corrected chi connectivity index (χ1v) is 9.17. The maximum Gasteiger partial charge on any atom is 0.367 e. The first-order chi connectivity index (χ1) is 10.0. The number of hydrogen-bond donors (Lipinski definition) is 0. The molecule has 110 valence electrons. The van der Waals surface area contributed by atoms with E-state index in [2.05, 4.69) is 0 Å². The Labute approximate surface area is 127 Å². The van der Waals surface area contributed by atoms with Crippen LogP contribution in [0.25, 0.3) is 21.0 Å². The minimum absolute atomic E-state index is 0.0154. The Morgan fingerprint density at radius 3 is 2.71 bits per heavy atom. The topological polar surface area (TPSA) is 47.3 Å². The summed E-state index contributed by atoms with van der Waals surface area (Å²) in [5.74, 6) is 0.0154. The van der Waals surface area contributed by atoms with Gasteiger partial charge in [0.25, 0.3) is 10.5 Å². The summed E-state index contributed by atoms with van der Waals surface area (Å²) in [6, 6.07) is 11.9. The van der Waals surface area contributed by atoms with Gasteiger partial charge in [-0.1, -0.05) is 42.5 Å². The van der Waals surface area contributed by atoms with E-state index in [-0.39, 0.29) is 5.75 Å². The predicted molar refractivity (Wildman–Crippen MR) is 84.9 cm³/mol. The second kappa shape index (κ2) is 5.27.